The number of ether oxygens (including phenoxy) is 3. The number of hydrogen-bond donors (Lipinski definition) is 6. The molecule has 0 aromatic heterocycles. The minimum atomic E-state index is -1.62. The van der Waals surface area contributed by atoms with E-state index in [0.717, 1.165) is 96.3 Å². The predicted molar refractivity (Wildman–Crippen MR) is 393 cm³/mol. The Bertz CT molecular complexity index is 1800. The molecule has 11 heteroatoms. The van der Waals surface area contributed by atoms with E-state index >= 15 is 0 Å². The first kappa shape index (κ1) is 88.1. The van der Waals surface area contributed by atoms with Crippen LogP contribution in [0.1, 0.15) is 374 Å². The van der Waals surface area contributed by atoms with Crippen LogP contribution in [-0.4, -0.2) is 99.6 Å². The van der Waals surface area contributed by atoms with E-state index in [1.807, 2.05) is 6.08 Å². The fraction of sp³-hybridized carbons (Fsp3) is 0.829. The van der Waals surface area contributed by atoms with Gasteiger partial charge >= 0.3 is 5.97 Å². The van der Waals surface area contributed by atoms with Gasteiger partial charge in [-0.3, -0.25) is 9.59 Å². The van der Waals surface area contributed by atoms with Crippen molar-refractivity contribution in [2.45, 2.75) is 423 Å². The quantitative estimate of drug-likeness (QED) is 0.0195. The Kier molecular flexibility index (Phi) is 65.4. The summed E-state index contributed by atoms with van der Waals surface area (Å²) in [5.74, 6) is -1.18. The van der Waals surface area contributed by atoms with Crippen molar-refractivity contribution in [3.8, 4) is 0 Å². The van der Waals surface area contributed by atoms with Gasteiger partial charge < -0.3 is 45.1 Å². The van der Waals surface area contributed by atoms with Crippen molar-refractivity contribution in [2.75, 3.05) is 13.2 Å². The molecule has 1 saturated heterocycles. The number of carbonyl (C=O) groups excluding carboxylic acids is 2. The molecule has 0 aromatic carbocycles. The van der Waals surface area contributed by atoms with Crippen molar-refractivity contribution in [3.05, 3.63) is 72.9 Å². The number of aliphatic hydroxyl groups excluding tert-OH is 5. The van der Waals surface area contributed by atoms with Gasteiger partial charge in [0.15, 0.2) is 12.4 Å². The number of carbonyl (C=O) groups is 2. The third-order valence-corrected chi connectivity index (χ3v) is 18.6. The summed E-state index contributed by atoms with van der Waals surface area (Å²) >= 11 is 0. The summed E-state index contributed by atoms with van der Waals surface area (Å²) in [5.41, 5.74) is 0. The number of hydrogen-bond acceptors (Lipinski definition) is 10. The van der Waals surface area contributed by atoms with E-state index in [-0.39, 0.29) is 13.0 Å². The number of aliphatic hydroxyl groups is 5. The Hall–Kier alpha value is -2.90. The van der Waals surface area contributed by atoms with E-state index < -0.39 is 67.4 Å². The second-order valence-electron chi connectivity index (χ2n) is 27.4. The monoisotopic (exact) mass is 1310 g/mol. The Morgan fingerprint density at radius 3 is 1.16 bits per heavy atom. The average Bonchev–Trinajstić information content (AvgIpc) is 0.844. The van der Waals surface area contributed by atoms with Crippen molar-refractivity contribution in [3.63, 3.8) is 0 Å². The Labute approximate surface area is 572 Å². The number of esters is 1. The van der Waals surface area contributed by atoms with Gasteiger partial charge in [0.2, 0.25) is 5.91 Å². The lowest BCUT2D eigenvalue weighted by atomic mass is 9.99. The van der Waals surface area contributed by atoms with Crippen LogP contribution in [0.25, 0.3) is 0 Å². The third-order valence-electron chi connectivity index (χ3n) is 18.6. The first-order valence-corrected chi connectivity index (χ1v) is 39.7. The Balaban J connectivity index is 2.51. The van der Waals surface area contributed by atoms with E-state index in [4.69, 9.17) is 14.2 Å². The van der Waals surface area contributed by atoms with Gasteiger partial charge in [-0.1, -0.05) is 370 Å². The normalized spacial score (nSPS) is 18.2. The zero-order chi connectivity index (χ0) is 67.4. The molecule has 1 amide bonds. The molecule has 8 atom stereocenters. The molecule has 0 aromatic rings. The third kappa shape index (κ3) is 55.8. The van der Waals surface area contributed by atoms with E-state index in [9.17, 15) is 35.1 Å². The highest BCUT2D eigenvalue weighted by Crippen LogP contribution is 2.27. The number of amides is 1. The molecule has 0 saturated carbocycles. The molecule has 542 valence electrons. The Morgan fingerprint density at radius 1 is 0.430 bits per heavy atom. The fourth-order valence-electron chi connectivity index (χ4n) is 12.4. The van der Waals surface area contributed by atoms with Crippen LogP contribution in [0.5, 0.6) is 0 Å². The number of allylic oxidation sites excluding steroid dienone is 11. The molecule has 1 aliphatic rings. The van der Waals surface area contributed by atoms with Crippen molar-refractivity contribution in [1.29, 1.82) is 0 Å². The van der Waals surface area contributed by atoms with Crippen LogP contribution in [0, 0.1) is 0 Å². The lowest BCUT2D eigenvalue weighted by molar-refractivity contribution is -0.305. The summed E-state index contributed by atoms with van der Waals surface area (Å²) in [6, 6.07) is -1.03. The molecule has 1 heterocycles. The fourth-order valence-corrected chi connectivity index (χ4v) is 12.4. The lowest BCUT2D eigenvalue weighted by Gasteiger charge is -2.41. The van der Waals surface area contributed by atoms with E-state index in [1.54, 1.807) is 6.08 Å². The second-order valence-corrected chi connectivity index (χ2v) is 27.4. The van der Waals surface area contributed by atoms with Crippen molar-refractivity contribution >= 4 is 11.9 Å². The largest absolute Gasteiger partial charge is 0.454 e. The van der Waals surface area contributed by atoms with Gasteiger partial charge in [-0.2, -0.15) is 0 Å². The highest BCUT2D eigenvalue weighted by Gasteiger charge is 2.47. The SMILES string of the molecule is CC/C=C\C/C=C\C/C=C\C/C=C\C/C=C\CCCCCCCCCCCCCC(=O)OC1C(OCC(NC(=O)C(O)CCCCCCCCCCCCCCCCCCCCCCCCCC)C(O)/C=C/CCCCCCCCCCCCC)OC(CO)C(O)C1O. The molecular formula is C82H149NO10. The van der Waals surface area contributed by atoms with Gasteiger partial charge in [0, 0.05) is 6.42 Å². The van der Waals surface area contributed by atoms with Crippen LogP contribution >= 0.6 is 0 Å². The number of unbranched alkanes of at least 4 members (excludes halogenated alkanes) is 45. The highest BCUT2D eigenvalue weighted by molar-refractivity contribution is 5.80. The summed E-state index contributed by atoms with van der Waals surface area (Å²) in [6.45, 7) is 5.74. The summed E-state index contributed by atoms with van der Waals surface area (Å²) in [6.07, 6.45) is 80.9. The maximum absolute atomic E-state index is 13.5. The van der Waals surface area contributed by atoms with Crippen molar-refractivity contribution < 1.29 is 49.3 Å². The van der Waals surface area contributed by atoms with Gasteiger partial charge in [-0.05, 0) is 70.6 Å². The molecule has 1 aliphatic heterocycles. The highest BCUT2D eigenvalue weighted by atomic mass is 16.7. The van der Waals surface area contributed by atoms with Crippen molar-refractivity contribution in [1.82, 2.24) is 5.32 Å². The maximum Gasteiger partial charge on any atom is 0.306 e. The molecule has 0 radical (unpaired) electrons. The van der Waals surface area contributed by atoms with Crippen LogP contribution in [0.15, 0.2) is 72.9 Å². The van der Waals surface area contributed by atoms with Gasteiger partial charge in [0.1, 0.15) is 24.4 Å². The van der Waals surface area contributed by atoms with Crippen LogP contribution < -0.4 is 5.32 Å². The standard InChI is InChI=1S/C82H149NO10/c1-4-7-10-13-16-19-22-25-27-29-31-33-35-37-38-39-41-43-45-47-49-52-55-58-61-64-67-70-77(87)93-80-79(89)78(88)76(71-84)92-82(80)91-72-73(74(85)68-65-62-59-56-53-50-24-21-18-15-12-9-6-3)83-81(90)75(86)69-66-63-60-57-54-51-48-46-44-42-40-36-34-32-30-28-26-23-20-17-14-11-8-5-2/h7,10,16,19,25,27,31,33,37-38,65,68,73-76,78-80,82,84-86,88-89H,4-6,8-9,11-15,17-18,20-24,26,28-30,32,34-36,39-64,66-67,69-72H2,1-3H3,(H,83,90)/b10-7-,19-16-,27-25-,33-31-,38-37-,68-65+. The van der Waals surface area contributed by atoms with Gasteiger partial charge in [0.25, 0.3) is 0 Å². The topological polar surface area (TPSA) is 175 Å². The van der Waals surface area contributed by atoms with Gasteiger partial charge in [0.05, 0.1) is 25.4 Å². The van der Waals surface area contributed by atoms with Gasteiger partial charge in [-0.25, -0.2) is 0 Å². The molecule has 0 bridgehead atoms. The summed E-state index contributed by atoms with van der Waals surface area (Å²) in [7, 11) is 0. The molecule has 1 rings (SSSR count). The molecular weight excluding hydrogens is 1160 g/mol. The minimum Gasteiger partial charge on any atom is -0.454 e. The molecule has 6 N–H and O–H groups in total. The first-order chi connectivity index (χ1) is 45.7. The van der Waals surface area contributed by atoms with Crippen LogP contribution in [0.2, 0.25) is 0 Å². The second kappa shape index (κ2) is 69.0. The molecule has 1 fully saturated rings. The van der Waals surface area contributed by atoms with Crippen LogP contribution in [0.3, 0.4) is 0 Å². The number of rotatable bonds is 69. The smallest absolute Gasteiger partial charge is 0.306 e. The van der Waals surface area contributed by atoms with E-state index in [1.165, 1.54) is 231 Å². The van der Waals surface area contributed by atoms with Crippen LogP contribution in [0.4, 0.5) is 0 Å². The summed E-state index contributed by atoms with van der Waals surface area (Å²) < 4.78 is 17.8. The zero-order valence-corrected chi connectivity index (χ0v) is 60.6. The zero-order valence-electron chi connectivity index (χ0n) is 60.6. The first-order valence-electron chi connectivity index (χ1n) is 39.7. The lowest BCUT2D eigenvalue weighted by Crippen LogP contribution is -2.61. The maximum atomic E-state index is 13.5. The van der Waals surface area contributed by atoms with Crippen LogP contribution in [-0.2, 0) is 23.8 Å². The molecule has 11 nitrogen and oxygen atoms in total. The van der Waals surface area contributed by atoms with Crippen molar-refractivity contribution in [2.24, 2.45) is 0 Å². The summed E-state index contributed by atoms with van der Waals surface area (Å²) in [4.78, 5) is 26.8. The van der Waals surface area contributed by atoms with Gasteiger partial charge in [-0.15, -0.1) is 0 Å². The molecule has 8 unspecified atom stereocenters. The Morgan fingerprint density at radius 2 is 0.774 bits per heavy atom. The molecule has 0 spiro atoms. The predicted octanol–water partition coefficient (Wildman–Crippen LogP) is 21.4. The molecule has 0 aliphatic carbocycles. The minimum absolute atomic E-state index is 0.119. The number of nitrogens with one attached hydrogen (secondary N) is 1. The van der Waals surface area contributed by atoms with E-state index in [2.05, 4.69) is 86.8 Å². The van der Waals surface area contributed by atoms with E-state index in [0.29, 0.717) is 19.3 Å². The summed E-state index contributed by atoms with van der Waals surface area (Å²) in [5, 5.41) is 57.5. The average molecular weight is 1310 g/mol. The molecule has 93 heavy (non-hydrogen) atoms.